The maximum atomic E-state index is 11.3. The van der Waals surface area contributed by atoms with E-state index in [-0.39, 0.29) is 0 Å². The van der Waals surface area contributed by atoms with E-state index in [0.717, 1.165) is 5.56 Å². The predicted octanol–water partition coefficient (Wildman–Crippen LogP) is -0.109. The van der Waals surface area contributed by atoms with Gasteiger partial charge in [0.15, 0.2) is 12.5 Å². The van der Waals surface area contributed by atoms with Crippen molar-refractivity contribution in [3.05, 3.63) is 35.9 Å². The quantitative estimate of drug-likeness (QED) is 0.668. The van der Waals surface area contributed by atoms with Crippen LogP contribution in [0.25, 0.3) is 0 Å². The number of urea groups is 1. The van der Waals surface area contributed by atoms with Gasteiger partial charge >= 0.3 is 6.03 Å². The first-order chi connectivity index (χ1) is 7.68. The molecule has 1 heterocycles. The fourth-order valence-electron chi connectivity index (χ4n) is 1.70. The van der Waals surface area contributed by atoms with E-state index in [1.807, 2.05) is 30.3 Å². The minimum atomic E-state index is -1.19. The minimum absolute atomic E-state index is 0.383. The van der Waals surface area contributed by atoms with Gasteiger partial charge in [0.2, 0.25) is 0 Å². The molecule has 0 aliphatic carbocycles. The fourth-order valence-corrected chi connectivity index (χ4v) is 1.70. The number of hydrogen-bond donors (Lipinski definition) is 3. The molecule has 2 rings (SSSR count). The van der Waals surface area contributed by atoms with Crippen molar-refractivity contribution in [3.8, 4) is 0 Å². The number of carbonyl (C=O) groups excluding carboxylic acids is 1. The lowest BCUT2D eigenvalue weighted by atomic mass is 10.1. The molecule has 5 nitrogen and oxygen atoms in total. The maximum absolute atomic E-state index is 11.3. The first-order valence-electron chi connectivity index (χ1n) is 5.15. The van der Waals surface area contributed by atoms with E-state index in [2.05, 4.69) is 5.32 Å². The Hall–Kier alpha value is -1.59. The number of aliphatic hydroxyl groups excluding tert-OH is 2. The first-order valence-corrected chi connectivity index (χ1v) is 5.15. The van der Waals surface area contributed by atoms with E-state index in [1.165, 1.54) is 4.90 Å². The summed E-state index contributed by atoms with van der Waals surface area (Å²) in [6, 6.07) is 9.24. The Morgan fingerprint density at radius 2 is 1.94 bits per heavy atom. The maximum Gasteiger partial charge on any atom is 0.321 e. The molecule has 1 saturated heterocycles. The molecule has 2 atom stereocenters. The molecule has 1 aliphatic rings. The zero-order valence-corrected chi connectivity index (χ0v) is 8.71. The molecule has 1 aliphatic heterocycles. The fraction of sp³-hybridized carbons (Fsp3) is 0.364. The molecule has 1 aromatic rings. The standard InChI is InChI=1S/C11H14N2O3/c14-9-10(15)13(11(16)12-9)7-6-8-4-2-1-3-5-8/h1-5,9-10,14-15H,6-7H2,(H,12,16). The van der Waals surface area contributed by atoms with Crippen LogP contribution in [0.3, 0.4) is 0 Å². The molecule has 3 N–H and O–H groups in total. The summed E-state index contributed by atoms with van der Waals surface area (Å²) in [4.78, 5) is 12.5. The highest BCUT2D eigenvalue weighted by molar-refractivity contribution is 5.76. The van der Waals surface area contributed by atoms with Crippen LogP contribution in [0, 0.1) is 0 Å². The van der Waals surface area contributed by atoms with Crippen molar-refractivity contribution in [1.29, 1.82) is 0 Å². The van der Waals surface area contributed by atoms with E-state index in [9.17, 15) is 15.0 Å². The number of benzene rings is 1. The number of hydrogen-bond acceptors (Lipinski definition) is 3. The number of nitrogens with zero attached hydrogens (tertiary/aromatic N) is 1. The summed E-state index contributed by atoms with van der Waals surface area (Å²) in [6.07, 6.45) is -1.70. The van der Waals surface area contributed by atoms with Crippen LogP contribution in [0.5, 0.6) is 0 Å². The van der Waals surface area contributed by atoms with Crippen molar-refractivity contribution < 1.29 is 15.0 Å². The van der Waals surface area contributed by atoms with Gasteiger partial charge in [-0.1, -0.05) is 30.3 Å². The lowest BCUT2D eigenvalue weighted by Gasteiger charge is -2.19. The molecule has 0 bridgehead atoms. The van der Waals surface area contributed by atoms with E-state index >= 15 is 0 Å². The number of aliphatic hydroxyl groups is 2. The highest BCUT2D eigenvalue weighted by Crippen LogP contribution is 2.10. The summed E-state index contributed by atoms with van der Waals surface area (Å²) in [5.41, 5.74) is 1.09. The molecule has 1 fully saturated rings. The number of nitrogens with one attached hydrogen (secondary N) is 1. The summed E-state index contributed by atoms with van der Waals surface area (Å²) in [5.74, 6) is 0. The average Bonchev–Trinajstić information content (AvgIpc) is 2.53. The molecule has 86 valence electrons. The summed E-state index contributed by atoms with van der Waals surface area (Å²) >= 11 is 0. The normalized spacial score (nSPS) is 24.6. The Kier molecular flexibility index (Phi) is 3.07. The van der Waals surface area contributed by atoms with Crippen LogP contribution in [0.4, 0.5) is 4.79 Å². The first kappa shape index (κ1) is 10.9. The van der Waals surface area contributed by atoms with Gasteiger partial charge in [0.05, 0.1) is 0 Å². The lowest BCUT2D eigenvalue weighted by Crippen LogP contribution is -2.37. The SMILES string of the molecule is O=C1NC(O)C(O)N1CCc1ccccc1. The van der Waals surface area contributed by atoms with Crippen LogP contribution in [-0.2, 0) is 6.42 Å². The van der Waals surface area contributed by atoms with Gasteiger partial charge in [-0.15, -0.1) is 0 Å². The van der Waals surface area contributed by atoms with Gasteiger partial charge in [-0.3, -0.25) is 4.90 Å². The Labute approximate surface area is 93.3 Å². The second kappa shape index (κ2) is 4.51. The second-order valence-electron chi connectivity index (χ2n) is 3.74. The summed E-state index contributed by atoms with van der Waals surface area (Å²) < 4.78 is 0. The highest BCUT2D eigenvalue weighted by Gasteiger charge is 2.36. The van der Waals surface area contributed by atoms with Crippen LogP contribution in [0.1, 0.15) is 5.56 Å². The van der Waals surface area contributed by atoms with Crippen molar-refractivity contribution in [2.24, 2.45) is 0 Å². The topological polar surface area (TPSA) is 72.8 Å². The lowest BCUT2D eigenvalue weighted by molar-refractivity contribution is -0.0333. The summed E-state index contributed by atoms with van der Waals surface area (Å²) in [7, 11) is 0. The van der Waals surface area contributed by atoms with Gasteiger partial charge in [-0.05, 0) is 12.0 Å². The average molecular weight is 222 g/mol. The predicted molar refractivity (Wildman–Crippen MR) is 57.4 cm³/mol. The highest BCUT2D eigenvalue weighted by atomic mass is 16.4. The van der Waals surface area contributed by atoms with Crippen LogP contribution < -0.4 is 5.32 Å². The monoisotopic (exact) mass is 222 g/mol. The third kappa shape index (κ3) is 2.15. The second-order valence-corrected chi connectivity index (χ2v) is 3.74. The largest absolute Gasteiger partial charge is 0.369 e. The molecule has 2 amide bonds. The molecular weight excluding hydrogens is 208 g/mol. The Balaban J connectivity index is 1.93. The number of carbonyl (C=O) groups is 1. The van der Waals surface area contributed by atoms with E-state index in [1.54, 1.807) is 0 Å². The van der Waals surface area contributed by atoms with Gasteiger partial charge in [0.25, 0.3) is 0 Å². The van der Waals surface area contributed by atoms with Crippen molar-refractivity contribution >= 4 is 6.03 Å². The minimum Gasteiger partial charge on any atom is -0.369 e. The van der Waals surface area contributed by atoms with E-state index < -0.39 is 18.5 Å². The molecule has 16 heavy (non-hydrogen) atoms. The third-order valence-electron chi connectivity index (χ3n) is 2.62. The van der Waals surface area contributed by atoms with Gasteiger partial charge in [-0.2, -0.15) is 0 Å². The zero-order valence-electron chi connectivity index (χ0n) is 8.71. The summed E-state index contributed by atoms with van der Waals surface area (Å²) in [6.45, 7) is 0.383. The summed E-state index contributed by atoms with van der Waals surface area (Å²) in [5, 5.41) is 21.0. The number of rotatable bonds is 3. The van der Waals surface area contributed by atoms with Crippen LogP contribution in [0.2, 0.25) is 0 Å². The zero-order chi connectivity index (χ0) is 11.5. The van der Waals surface area contributed by atoms with Crippen molar-refractivity contribution in [2.45, 2.75) is 18.9 Å². The molecule has 2 unspecified atom stereocenters. The molecule has 0 spiro atoms. The van der Waals surface area contributed by atoms with Crippen molar-refractivity contribution in [3.63, 3.8) is 0 Å². The van der Waals surface area contributed by atoms with Crippen LogP contribution in [-0.4, -0.2) is 40.1 Å². The molecule has 5 heteroatoms. The molecule has 1 aromatic carbocycles. The Morgan fingerprint density at radius 1 is 1.25 bits per heavy atom. The van der Waals surface area contributed by atoms with E-state index in [0.29, 0.717) is 13.0 Å². The smallest absolute Gasteiger partial charge is 0.321 e. The molecule has 0 saturated carbocycles. The molecular formula is C11H14N2O3. The number of amides is 2. The van der Waals surface area contributed by atoms with Crippen molar-refractivity contribution in [2.75, 3.05) is 6.54 Å². The third-order valence-corrected chi connectivity index (χ3v) is 2.62. The van der Waals surface area contributed by atoms with Gasteiger partial charge in [0, 0.05) is 6.54 Å². The molecule has 0 radical (unpaired) electrons. The Morgan fingerprint density at radius 3 is 2.50 bits per heavy atom. The van der Waals surface area contributed by atoms with Crippen LogP contribution >= 0.6 is 0 Å². The van der Waals surface area contributed by atoms with Gasteiger partial charge in [0.1, 0.15) is 0 Å². The van der Waals surface area contributed by atoms with Gasteiger partial charge in [-0.25, -0.2) is 4.79 Å². The van der Waals surface area contributed by atoms with Crippen molar-refractivity contribution in [1.82, 2.24) is 10.2 Å². The van der Waals surface area contributed by atoms with E-state index in [4.69, 9.17) is 0 Å². The van der Waals surface area contributed by atoms with Gasteiger partial charge < -0.3 is 15.5 Å². The molecule has 0 aromatic heterocycles. The van der Waals surface area contributed by atoms with Crippen LogP contribution in [0.15, 0.2) is 30.3 Å². The Bertz CT molecular complexity index is 369.